The van der Waals surface area contributed by atoms with Crippen molar-refractivity contribution in [1.29, 1.82) is 0 Å². The van der Waals surface area contributed by atoms with Gasteiger partial charge in [0.2, 0.25) is 5.28 Å². The summed E-state index contributed by atoms with van der Waals surface area (Å²) in [5.74, 6) is 1.49. The number of hydrogen-bond acceptors (Lipinski definition) is 4. The summed E-state index contributed by atoms with van der Waals surface area (Å²) in [5, 5.41) is 8.47. The van der Waals surface area contributed by atoms with E-state index < -0.39 is 0 Å². The van der Waals surface area contributed by atoms with Crippen LogP contribution in [0.1, 0.15) is 36.0 Å². The summed E-state index contributed by atoms with van der Waals surface area (Å²) < 4.78 is 1.92. The largest absolute Gasteiger partial charge is 0.295 e. The van der Waals surface area contributed by atoms with E-state index in [9.17, 15) is 0 Å². The Balaban J connectivity index is 1.89. The van der Waals surface area contributed by atoms with E-state index in [1.807, 2.05) is 11.5 Å². The minimum atomic E-state index is 0.425. The van der Waals surface area contributed by atoms with Gasteiger partial charge in [-0.25, -0.2) is 0 Å². The molecule has 6 heteroatoms. The Hall–Kier alpha value is -1.49. The van der Waals surface area contributed by atoms with Crippen LogP contribution < -0.4 is 0 Å². The van der Waals surface area contributed by atoms with Gasteiger partial charge in [-0.3, -0.25) is 14.5 Å². The van der Waals surface area contributed by atoms with Gasteiger partial charge in [-0.15, -0.1) is 10.2 Å². The van der Waals surface area contributed by atoms with Crippen LogP contribution in [-0.2, 0) is 6.54 Å². The SMILES string of the molecule is Cc1cnc(Cn2c(Cl)nnc2C2CC2)cn1. The van der Waals surface area contributed by atoms with Crippen molar-refractivity contribution in [3.8, 4) is 0 Å². The van der Waals surface area contributed by atoms with E-state index in [-0.39, 0.29) is 0 Å². The van der Waals surface area contributed by atoms with Crippen LogP contribution in [0, 0.1) is 6.92 Å². The lowest BCUT2D eigenvalue weighted by molar-refractivity contribution is 0.707. The highest BCUT2D eigenvalue weighted by Gasteiger charge is 2.30. The van der Waals surface area contributed by atoms with E-state index in [0.717, 1.165) is 17.2 Å². The molecule has 2 heterocycles. The molecule has 5 nitrogen and oxygen atoms in total. The highest BCUT2D eigenvalue weighted by atomic mass is 35.5. The van der Waals surface area contributed by atoms with Crippen molar-refractivity contribution >= 4 is 11.6 Å². The molecule has 0 aromatic carbocycles. The molecular weight excluding hydrogens is 238 g/mol. The highest BCUT2D eigenvalue weighted by Crippen LogP contribution is 2.39. The molecule has 1 saturated carbocycles. The Labute approximate surface area is 104 Å². The molecule has 3 rings (SSSR count). The Bertz CT molecular complexity index is 529. The second kappa shape index (κ2) is 4.07. The summed E-state index contributed by atoms with van der Waals surface area (Å²) in [6.45, 7) is 2.50. The third kappa shape index (κ3) is 2.15. The Kier molecular flexibility index (Phi) is 2.55. The molecule has 2 aromatic rings. The standard InChI is InChI=1S/C11H12ClN5/c1-7-4-14-9(5-13-7)6-17-10(8-2-3-8)15-16-11(17)12/h4-5,8H,2-3,6H2,1H3. The van der Waals surface area contributed by atoms with E-state index in [1.165, 1.54) is 12.8 Å². The molecule has 1 aliphatic carbocycles. The molecule has 0 saturated heterocycles. The lowest BCUT2D eigenvalue weighted by Crippen LogP contribution is -2.06. The van der Waals surface area contributed by atoms with Crippen LogP contribution in [0.3, 0.4) is 0 Å². The average molecular weight is 250 g/mol. The predicted molar refractivity (Wildman–Crippen MR) is 62.9 cm³/mol. The van der Waals surface area contributed by atoms with Crippen molar-refractivity contribution in [2.75, 3.05) is 0 Å². The highest BCUT2D eigenvalue weighted by molar-refractivity contribution is 6.28. The van der Waals surface area contributed by atoms with Crippen molar-refractivity contribution in [3.63, 3.8) is 0 Å². The zero-order valence-corrected chi connectivity index (χ0v) is 10.2. The molecule has 0 bridgehead atoms. The predicted octanol–water partition coefficient (Wildman–Crippen LogP) is 1.96. The first-order valence-corrected chi connectivity index (χ1v) is 5.98. The quantitative estimate of drug-likeness (QED) is 0.834. The monoisotopic (exact) mass is 249 g/mol. The molecule has 1 aliphatic rings. The molecule has 0 N–H and O–H groups in total. The fraction of sp³-hybridized carbons (Fsp3) is 0.455. The number of nitrogens with zero attached hydrogens (tertiary/aromatic N) is 5. The summed E-state index contributed by atoms with van der Waals surface area (Å²) in [4.78, 5) is 8.54. The van der Waals surface area contributed by atoms with Crippen LogP contribution in [0.25, 0.3) is 0 Å². The normalized spacial score (nSPS) is 15.2. The fourth-order valence-corrected chi connectivity index (χ4v) is 1.93. The summed E-state index contributed by atoms with van der Waals surface area (Å²) in [5.41, 5.74) is 1.78. The van der Waals surface area contributed by atoms with Crippen LogP contribution in [-0.4, -0.2) is 24.7 Å². The van der Waals surface area contributed by atoms with Crippen LogP contribution >= 0.6 is 11.6 Å². The number of hydrogen-bond donors (Lipinski definition) is 0. The van der Waals surface area contributed by atoms with Crippen LogP contribution in [0.15, 0.2) is 12.4 Å². The molecule has 0 amide bonds. The maximum atomic E-state index is 6.04. The molecule has 2 aromatic heterocycles. The number of rotatable bonds is 3. The summed E-state index contributed by atoms with van der Waals surface area (Å²) in [6.07, 6.45) is 5.87. The maximum Gasteiger partial charge on any atom is 0.225 e. The molecule has 0 aliphatic heterocycles. The minimum absolute atomic E-state index is 0.425. The van der Waals surface area contributed by atoms with E-state index in [2.05, 4.69) is 20.2 Å². The van der Waals surface area contributed by atoms with Gasteiger partial charge in [0, 0.05) is 12.1 Å². The van der Waals surface area contributed by atoms with Gasteiger partial charge >= 0.3 is 0 Å². The molecule has 88 valence electrons. The molecule has 0 atom stereocenters. The van der Waals surface area contributed by atoms with Crippen molar-refractivity contribution in [3.05, 3.63) is 34.9 Å². The first-order chi connectivity index (χ1) is 8.24. The van der Waals surface area contributed by atoms with Gasteiger partial charge in [0.15, 0.2) is 0 Å². The van der Waals surface area contributed by atoms with E-state index in [1.54, 1.807) is 12.4 Å². The third-order valence-electron chi connectivity index (χ3n) is 2.83. The Morgan fingerprint density at radius 1 is 1.29 bits per heavy atom. The van der Waals surface area contributed by atoms with Gasteiger partial charge in [0.25, 0.3) is 0 Å². The van der Waals surface area contributed by atoms with Crippen LogP contribution in [0.5, 0.6) is 0 Å². The Morgan fingerprint density at radius 2 is 2.12 bits per heavy atom. The van der Waals surface area contributed by atoms with E-state index in [0.29, 0.717) is 17.7 Å². The van der Waals surface area contributed by atoms with Crippen molar-refractivity contribution in [1.82, 2.24) is 24.7 Å². The number of halogens is 1. The van der Waals surface area contributed by atoms with Crippen molar-refractivity contribution in [2.45, 2.75) is 32.2 Å². The third-order valence-corrected chi connectivity index (χ3v) is 3.11. The first-order valence-electron chi connectivity index (χ1n) is 5.60. The lowest BCUT2D eigenvalue weighted by Gasteiger charge is -2.06. The Morgan fingerprint density at radius 3 is 2.76 bits per heavy atom. The van der Waals surface area contributed by atoms with Gasteiger partial charge in [0.05, 0.1) is 24.1 Å². The zero-order chi connectivity index (χ0) is 11.8. The molecule has 0 spiro atoms. The van der Waals surface area contributed by atoms with Crippen LogP contribution in [0.4, 0.5) is 0 Å². The minimum Gasteiger partial charge on any atom is -0.295 e. The average Bonchev–Trinajstić information content (AvgIpc) is 3.10. The van der Waals surface area contributed by atoms with Crippen LogP contribution in [0.2, 0.25) is 5.28 Å². The molecule has 17 heavy (non-hydrogen) atoms. The second-order valence-electron chi connectivity index (χ2n) is 4.34. The van der Waals surface area contributed by atoms with E-state index >= 15 is 0 Å². The van der Waals surface area contributed by atoms with E-state index in [4.69, 9.17) is 11.6 Å². The van der Waals surface area contributed by atoms with Gasteiger partial charge in [-0.05, 0) is 31.4 Å². The fourth-order valence-electron chi connectivity index (χ4n) is 1.75. The second-order valence-corrected chi connectivity index (χ2v) is 4.67. The smallest absolute Gasteiger partial charge is 0.225 e. The zero-order valence-electron chi connectivity index (χ0n) is 9.47. The molecule has 0 unspecified atom stereocenters. The topological polar surface area (TPSA) is 56.5 Å². The lowest BCUT2D eigenvalue weighted by atomic mass is 10.3. The maximum absolute atomic E-state index is 6.04. The van der Waals surface area contributed by atoms with Crippen molar-refractivity contribution < 1.29 is 0 Å². The van der Waals surface area contributed by atoms with Gasteiger partial charge < -0.3 is 0 Å². The van der Waals surface area contributed by atoms with Gasteiger partial charge in [0.1, 0.15) is 5.82 Å². The molecular formula is C11H12ClN5. The molecule has 1 fully saturated rings. The summed E-state index contributed by atoms with van der Waals surface area (Å²) in [7, 11) is 0. The first kappa shape index (κ1) is 10.7. The number of aryl methyl sites for hydroxylation is 1. The van der Waals surface area contributed by atoms with Crippen molar-refractivity contribution in [2.24, 2.45) is 0 Å². The molecule has 0 radical (unpaired) electrons. The van der Waals surface area contributed by atoms with Gasteiger partial charge in [-0.1, -0.05) is 0 Å². The summed E-state index contributed by atoms with van der Waals surface area (Å²) in [6, 6.07) is 0. The number of aromatic nitrogens is 5. The van der Waals surface area contributed by atoms with Gasteiger partial charge in [-0.2, -0.15) is 0 Å². The summed E-state index contributed by atoms with van der Waals surface area (Å²) >= 11 is 6.04.